The molecule has 0 spiro atoms. The number of alkyl halides is 2. The maximum atomic E-state index is 14.5. The van der Waals surface area contributed by atoms with Crippen LogP contribution in [0.25, 0.3) is 5.57 Å². The number of nitrogens with zero attached hydrogens (tertiary/aromatic N) is 2. The zero-order valence-corrected chi connectivity index (χ0v) is 13.6. The molecular formula is C19H15F3N2O2. The summed E-state index contributed by atoms with van der Waals surface area (Å²) in [5.74, 6) is -5.32. The Labute approximate surface area is 147 Å². The minimum absolute atomic E-state index is 0.0378. The zero-order chi connectivity index (χ0) is 18.9. The number of pyridine rings is 1. The lowest BCUT2D eigenvalue weighted by atomic mass is 9.95. The van der Waals surface area contributed by atoms with E-state index in [4.69, 9.17) is 0 Å². The maximum Gasteiger partial charge on any atom is 0.313 e. The Balaban J connectivity index is 2.11. The molecule has 0 fully saturated rings. The number of carbonyl (C=O) groups is 1. The molecule has 0 radical (unpaired) electrons. The lowest BCUT2D eigenvalue weighted by Crippen LogP contribution is -2.57. The van der Waals surface area contributed by atoms with Crippen LogP contribution in [0.2, 0.25) is 0 Å². The highest BCUT2D eigenvalue weighted by Crippen LogP contribution is 2.46. The Morgan fingerprint density at radius 2 is 1.92 bits per heavy atom. The Kier molecular flexibility index (Phi) is 4.41. The van der Waals surface area contributed by atoms with Gasteiger partial charge in [0.05, 0.1) is 0 Å². The van der Waals surface area contributed by atoms with Gasteiger partial charge in [-0.05, 0) is 29.8 Å². The van der Waals surface area contributed by atoms with E-state index in [9.17, 15) is 23.1 Å². The van der Waals surface area contributed by atoms with E-state index in [1.54, 1.807) is 0 Å². The molecule has 0 saturated carbocycles. The molecule has 0 saturated heterocycles. The van der Waals surface area contributed by atoms with Gasteiger partial charge in [-0.1, -0.05) is 24.8 Å². The number of hydrogen-bond acceptors (Lipinski definition) is 3. The van der Waals surface area contributed by atoms with Crippen molar-refractivity contribution in [3.63, 3.8) is 0 Å². The molecule has 7 heteroatoms. The molecule has 1 aromatic heterocycles. The third-order valence-electron chi connectivity index (χ3n) is 4.28. The van der Waals surface area contributed by atoms with Crippen molar-refractivity contribution in [3.05, 3.63) is 84.6 Å². The summed E-state index contributed by atoms with van der Waals surface area (Å²) >= 11 is 0. The summed E-state index contributed by atoms with van der Waals surface area (Å²) in [5.41, 5.74) is -2.72. The summed E-state index contributed by atoms with van der Waals surface area (Å²) in [6.07, 6.45) is 3.34. The molecule has 3 rings (SSSR count). The minimum Gasteiger partial charge on any atom is -0.365 e. The fourth-order valence-electron chi connectivity index (χ4n) is 2.85. The molecule has 0 bridgehead atoms. The second-order valence-electron chi connectivity index (χ2n) is 5.87. The van der Waals surface area contributed by atoms with Crippen LogP contribution in [0.1, 0.15) is 22.3 Å². The molecule has 2 heterocycles. The van der Waals surface area contributed by atoms with Crippen molar-refractivity contribution in [2.24, 2.45) is 0 Å². The smallest absolute Gasteiger partial charge is 0.313 e. The largest absolute Gasteiger partial charge is 0.365 e. The molecule has 1 amide bonds. The van der Waals surface area contributed by atoms with E-state index in [-0.39, 0.29) is 22.8 Å². The fourth-order valence-corrected chi connectivity index (χ4v) is 2.85. The van der Waals surface area contributed by atoms with Crippen LogP contribution in [0.5, 0.6) is 0 Å². The zero-order valence-electron chi connectivity index (χ0n) is 13.6. The molecule has 1 N–H and O–H groups in total. The number of hydrogen-bond donors (Lipinski definition) is 1. The summed E-state index contributed by atoms with van der Waals surface area (Å²) in [6, 6.07) is 8.24. The van der Waals surface area contributed by atoms with Gasteiger partial charge in [-0.25, -0.2) is 4.39 Å². The monoisotopic (exact) mass is 360 g/mol. The predicted octanol–water partition coefficient (Wildman–Crippen LogP) is 3.62. The van der Waals surface area contributed by atoms with E-state index in [0.29, 0.717) is 4.90 Å². The van der Waals surface area contributed by atoms with E-state index in [2.05, 4.69) is 11.6 Å². The third-order valence-corrected chi connectivity index (χ3v) is 4.28. The van der Waals surface area contributed by atoms with Crippen molar-refractivity contribution in [2.75, 3.05) is 0 Å². The van der Waals surface area contributed by atoms with Gasteiger partial charge in [0.25, 0.3) is 5.91 Å². The second kappa shape index (κ2) is 6.42. The van der Waals surface area contributed by atoms with Crippen LogP contribution in [0.4, 0.5) is 13.2 Å². The fraction of sp³-hybridized carbons (Fsp3) is 0.158. The summed E-state index contributed by atoms with van der Waals surface area (Å²) < 4.78 is 43.0. The van der Waals surface area contributed by atoms with Gasteiger partial charge in [0.15, 0.2) is 0 Å². The first-order valence-electron chi connectivity index (χ1n) is 7.73. The highest BCUT2D eigenvalue weighted by molar-refractivity contribution is 5.97. The first kappa shape index (κ1) is 17.9. The molecule has 0 aliphatic carbocycles. The quantitative estimate of drug-likeness (QED) is 0.848. The summed E-state index contributed by atoms with van der Waals surface area (Å²) in [5, 5.41) is 10.7. The van der Waals surface area contributed by atoms with Gasteiger partial charge in [0.2, 0.25) is 5.72 Å². The molecule has 1 unspecified atom stereocenters. The molecule has 134 valence electrons. The van der Waals surface area contributed by atoms with Crippen LogP contribution in [0.3, 0.4) is 0 Å². The number of aromatic nitrogens is 1. The van der Waals surface area contributed by atoms with E-state index >= 15 is 0 Å². The summed E-state index contributed by atoms with van der Waals surface area (Å²) in [6.45, 7) is 3.05. The number of rotatable bonds is 4. The van der Waals surface area contributed by atoms with Crippen LogP contribution in [-0.4, -0.2) is 32.5 Å². The van der Waals surface area contributed by atoms with Crippen molar-refractivity contribution >= 4 is 11.5 Å². The average molecular weight is 360 g/mol. The van der Waals surface area contributed by atoms with Crippen LogP contribution < -0.4 is 0 Å². The Morgan fingerprint density at radius 1 is 1.27 bits per heavy atom. The molecule has 1 aromatic carbocycles. The molecule has 2 aromatic rings. The van der Waals surface area contributed by atoms with E-state index in [1.807, 2.05) is 0 Å². The predicted molar refractivity (Wildman–Crippen MR) is 89.5 cm³/mol. The lowest BCUT2D eigenvalue weighted by molar-refractivity contribution is -0.196. The Hall–Kier alpha value is -2.93. The second-order valence-corrected chi connectivity index (χ2v) is 5.87. The van der Waals surface area contributed by atoms with Gasteiger partial charge in [0.1, 0.15) is 5.82 Å². The van der Waals surface area contributed by atoms with Crippen molar-refractivity contribution in [1.29, 1.82) is 0 Å². The molecule has 1 atom stereocenters. The lowest BCUT2D eigenvalue weighted by Gasteiger charge is -2.37. The van der Waals surface area contributed by atoms with Gasteiger partial charge < -0.3 is 5.11 Å². The standard InChI is InChI=1S/C19H15F3N2O2/c1-2-18(21,22)19(26)11-14(15-5-3-4-6-16(15)20)12-24(19)17(25)13-7-9-23-10-8-13/h2-10,12,26H,1,11H2. The number of carbonyl (C=O) groups excluding carboxylic acids is 1. The molecule has 1 aliphatic heterocycles. The number of amides is 1. The van der Waals surface area contributed by atoms with Gasteiger partial charge in [-0.15, -0.1) is 0 Å². The highest BCUT2D eigenvalue weighted by atomic mass is 19.3. The highest BCUT2D eigenvalue weighted by Gasteiger charge is 2.59. The van der Waals surface area contributed by atoms with E-state index in [1.165, 1.54) is 48.8 Å². The normalized spacial score (nSPS) is 20.0. The van der Waals surface area contributed by atoms with E-state index < -0.39 is 29.8 Å². The van der Waals surface area contributed by atoms with Crippen LogP contribution in [0, 0.1) is 5.82 Å². The number of benzene rings is 1. The topological polar surface area (TPSA) is 53.4 Å². The van der Waals surface area contributed by atoms with Gasteiger partial charge >= 0.3 is 5.92 Å². The van der Waals surface area contributed by atoms with E-state index in [0.717, 1.165) is 6.20 Å². The SMILES string of the molecule is C=CC(F)(F)C1(O)CC(c2ccccc2F)=CN1C(=O)c1ccncc1. The first-order valence-corrected chi connectivity index (χ1v) is 7.73. The Morgan fingerprint density at radius 3 is 2.54 bits per heavy atom. The molecule has 26 heavy (non-hydrogen) atoms. The maximum absolute atomic E-state index is 14.5. The third kappa shape index (κ3) is 2.80. The van der Waals surface area contributed by atoms with Gasteiger partial charge in [-0.2, -0.15) is 8.78 Å². The minimum atomic E-state index is -3.82. The first-order chi connectivity index (χ1) is 12.3. The van der Waals surface area contributed by atoms with Crippen molar-refractivity contribution in [1.82, 2.24) is 9.88 Å². The van der Waals surface area contributed by atoms with Gasteiger partial charge in [-0.3, -0.25) is 14.7 Å². The van der Waals surface area contributed by atoms with Crippen LogP contribution in [-0.2, 0) is 0 Å². The molecular weight excluding hydrogens is 345 g/mol. The van der Waals surface area contributed by atoms with Crippen molar-refractivity contribution in [3.8, 4) is 0 Å². The Bertz CT molecular complexity index is 883. The number of aliphatic hydroxyl groups is 1. The number of halogens is 3. The average Bonchev–Trinajstić information content (AvgIpc) is 3.01. The van der Waals surface area contributed by atoms with Crippen molar-refractivity contribution in [2.45, 2.75) is 18.1 Å². The molecule has 1 aliphatic rings. The van der Waals surface area contributed by atoms with Gasteiger partial charge in [0, 0.05) is 36.1 Å². The summed E-state index contributed by atoms with van der Waals surface area (Å²) in [4.78, 5) is 17.0. The van der Waals surface area contributed by atoms with Crippen LogP contribution in [0.15, 0.2) is 67.6 Å². The molecule has 4 nitrogen and oxygen atoms in total. The van der Waals surface area contributed by atoms with Crippen molar-refractivity contribution < 1.29 is 23.1 Å². The summed E-state index contributed by atoms with van der Waals surface area (Å²) in [7, 11) is 0. The van der Waals surface area contributed by atoms with Crippen LogP contribution >= 0.6 is 0 Å².